The minimum Gasteiger partial charge on any atom is -0.370 e. The summed E-state index contributed by atoms with van der Waals surface area (Å²) in [7, 11) is 0. The van der Waals surface area contributed by atoms with Crippen molar-refractivity contribution in [2.24, 2.45) is 11.5 Å². The summed E-state index contributed by atoms with van der Waals surface area (Å²) in [6.45, 7) is 1.91. The van der Waals surface area contributed by atoms with Gasteiger partial charge in [-0.3, -0.25) is 9.69 Å². The minimum atomic E-state index is -0.330. The number of benzene rings is 1. The first-order valence-electron chi connectivity index (χ1n) is 6.73. The third-order valence-corrected chi connectivity index (χ3v) is 2.97. The van der Waals surface area contributed by atoms with Gasteiger partial charge in [0, 0.05) is 19.5 Å². The first-order valence-corrected chi connectivity index (χ1v) is 6.73. The van der Waals surface area contributed by atoms with Crippen LogP contribution in [0, 0.1) is 0 Å². The monoisotopic (exact) mass is 325 g/mol. The standard InChI is InChI=1S/C14H19N5O2.ClH/c15-8-14-17-13(18-21-14)10-19(7-6-12(16)20)9-11-4-2-1-3-5-11;/h1-5H,6-10,15H2,(H2,16,20);1H. The molecule has 2 aromatic rings. The number of rotatable bonds is 8. The second-order valence-corrected chi connectivity index (χ2v) is 4.72. The zero-order valence-corrected chi connectivity index (χ0v) is 13.0. The van der Waals surface area contributed by atoms with Crippen molar-refractivity contribution >= 4 is 18.3 Å². The SMILES string of the molecule is Cl.NCc1nc(CN(CCC(N)=O)Cc2ccccc2)no1. The van der Waals surface area contributed by atoms with E-state index in [1.54, 1.807) is 0 Å². The average Bonchev–Trinajstić information content (AvgIpc) is 2.93. The van der Waals surface area contributed by atoms with Gasteiger partial charge in [-0.2, -0.15) is 4.98 Å². The van der Waals surface area contributed by atoms with E-state index in [9.17, 15) is 4.79 Å². The number of hydrogen-bond acceptors (Lipinski definition) is 6. The Bertz CT molecular complexity index is 576. The molecular formula is C14H20ClN5O2. The van der Waals surface area contributed by atoms with E-state index in [2.05, 4.69) is 10.1 Å². The number of hydrogen-bond donors (Lipinski definition) is 2. The first kappa shape index (κ1) is 18.1. The van der Waals surface area contributed by atoms with Crippen LogP contribution < -0.4 is 11.5 Å². The van der Waals surface area contributed by atoms with E-state index in [1.807, 2.05) is 35.2 Å². The molecular weight excluding hydrogens is 306 g/mol. The third-order valence-electron chi connectivity index (χ3n) is 2.97. The molecule has 0 aliphatic heterocycles. The molecule has 0 spiro atoms. The van der Waals surface area contributed by atoms with Crippen LogP contribution in [0.1, 0.15) is 23.7 Å². The maximum absolute atomic E-state index is 11.0. The van der Waals surface area contributed by atoms with Crippen molar-refractivity contribution in [3.05, 3.63) is 47.6 Å². The highest BCUT2D eigenvalue weighted by Gasteiger charge is 2.12. The highest BCUT2D eigenvalue weighted by atomic mass is 35.5. The highest BCUT2D eigenvalue weighted by Crippen LogP contribution is 2.09. The zero-order valence-electron chi connectivity index (χ0n) is 12.1. The lowest BCUT2D eigenvalue weighted by atomic mass is 10.2. The van der Waals surface area contributed by atoms with E-state index in [0.717, 1.165) is 5.56 Å². The summed E-state index contributed by atoms with van der Waals surface area (Å²) in [4.78, 5) is 17.2. The van der Waals surface area contributed by atoms with Crippen LogP contribution in [0.2, 0.25) is 0 Å². The summed E-state index contributed by atoms with van der Waals surface area (Å²) in [5.74, 6) is 0.624. The molecule has 1 amide bonds. The lowest BCUT2D eigenvalue weighted by Gasteiger charge is -2.20. The molecule has 1 aromatic carbocycles. The second kappa shape index (κ2) is 9.14. The van der Waals surface area contributed by atoms with Crippen LogP contribution in [0.3, 0.4) is 0 Å². The normalized spacial score (nSPS) is 10.5. The Hall–Kier alpha value is -1.96. The molecule has 1 heterocycles. The molecule has 120 valence electrons. The largest absolute Gasteiger partial charge is 0.370 e. The third kappa shape index (κ3) is 5.80. The van der Waals surface area contributed by atoms with Crippen LogP contribution in [-0.4, -0.2) is 27.5 Å². The second-order valence-electron chi connectivity index (χ2n) is 4.72. The topological polar surface area (TPSA) is 111 Å². The Morgan fingerprint density at radius 3 is 2.55 bits per heavy atom. The van der Waals surface area contributed by atoms with Gasteiger partial charge < -0.3 is 16.0 Å². The lowest BCUT2D eigenvalue weighted by molar-refractivity contribution is -0.118. The number of amides is 1. The van der Waals surface area contributed by atoms with Crippen molar-refractivity contribution in [2.45, 2.75) is 26.1 Å². The number of nitrogens with two attached hydrogens (primary N) is 2. The summed E-state index contributed by atoms with van der Waals surface area (Å²) >= 11 is 0. The van der Waals surface area contributed by atoms with Gasteiger partial charge in [-0.15, -0.1) is 12.4 Å². The van der Waals surface area contributed by atoms with E-state index in [4.69, 9.17) is 16.0 Å². The molecule has 4 N–H and O–H groups in total. The summed E-state index contributed by atoms with van der Waals surface area (Å²) in [5, 5.41) is 3.87. The Balaban J connectivity index is 0.00000242. The van der Waals surface area contributed by atoms with Crippen molar-refractivity contribution in [3.8, 4) is 0 Å². The lowest BCUT2D eigenvalue weighted by Crippen LogP contribution is -2.28. The molecule has 0 saturated heterocycles. The summed E-state index contributed by atoms with van der Waals surface area (Å²) < 4.78 is 4.99. The van der Waals surface area contributed by atoms with Gasteiger partial charge in [0.25, 0.3) is 0 Å². The van der Waals surface area contributed by atoms with Crippen LogP contribution in [0.4, 0.5) is 0 Å². The molecule has 0 unspecified atom stereocenters. The van der Waals surface area contributed by atoms with Gasteiger partial charge >= 0.3 is 0 Å². The molecule has 2 rings (SSSR count). The van der Waals surface area contributed by atoms with Crippen molar-refractivity contribution in [3.63, 3.8) is 0 Å². The Labute approximate surface area is 135 Å². The predicted octanol–water partition coefficient (Wildman–Crippen LogP) is 0.828. The van der Waals surface area contributed by atoms with Gasteiger partial charge in [0.2, 0.25) is 11.8 Å². The summed E-state index contributed by atoms with van der Waals surface area (Å²) in [5.41, 5.74) is 11.8. The molecule has 22 heavy (non-hydrogen) atoms. The predicted molar refractivity (Wildman–Crippen MR) is 83.8 cm³/mol. The van der Waals surface area contributed by atoms with Gasteiger partial charge in [-0.25, -0.2) is 0 Å². The van der Waals surface area contributed by atoms with Crippen molar-refractivity contribution < 1.29 is 9.32 Å². The molecule has 0 aliphatic rings. The maximum Gasteiger partial charge on any atom is 0.240 e. The number of carbonyl (C=O) groups excluding carboxylic acids is 1. The number of primary amides is 1. The number of aromatic nitrogens is 2. The van der Waals surface area contributed by atoms with E-state index in [0.29, 0.717) is 31.3 Å². The summed E-state index contributed by atoms with van der Waals surface area (Å²) in [6.07, 6.45) is 0.286. The Morgan fingerprint density at radius 1 is 1.23 bits per heavy atom. The Morgan fingerprint density at radius 2 is 1.95 bits per heavy atom. The Kier molecular flexibility index (Phi) is 7.51. The van der Waals surface area contributed by atoms with Crippen LogP contribution in [-0.2, 0) is 24.4 Å². The van der Waals surface area contributed by atoms with Gasteiger partial charge in [-0.1, -0.05) is 35.5 Å². The summed E-state index contributed by atoms with van der Waals surface area (Å²) in [6, 6.07) is 9.96. The van der Waals surface area contributed by atoms with E-state index < -0.39 is 0 Å². The molecule has 0 bridgehead atoms. The molecule has 0 aliphatic carbocycles. The van der Waals surface area contributed by atoms with Gasteiger partial charge in [-0.05, 0) is 5.56 Å². The maximum atomic E-state index is 11.0. The fourth-order valence-electron chi connectivity index (χ4n) is 1.96. The van der Waals surface area contributed by atoms with Crippen LogP contribution in [0.25, 0.3) is 0 Å². The number of halogens is 1. The molecule has 0 fully saturated rings. The molecule has 0 saturated carbocycles. The van der Waals surface area contributed by atoms with Crippen LogP contribution >= 0.6 is 12.4 Å². The molecule has 0 radical (unpaired) electrons. The smallest absolute Gasteiger partial charge is 0.240 e. The van der Waals surface area contributed by atoms with E-state index in [-0.39, 0.29) is 31.3 Å². The molecule has 1 aromatic heterocycles. The van der Waals surface area contributed by atoms with Crippen LogP contribution in [0.5, 0.6) is 0 Å². The van der Waals surface area contributed by atoms with Crippen molar-refractivity contribution in [1.82, 2.24) is 15.0 Å². The van der Waals surface area contributed by atoms with Crippen molar-refractivity contribution in [2.75, 3.05) is 6.54 Å². The van der Waals surface area contributed by atoms with Gasteiger partial charge in [0.15, 0.2) is 5.82 Å². The van der Waals surface area contributed by atoms with Gasteiger partial charge in [0.1, 0.15) is 0 Å². The highest BCUT2D eigenvalue weighted by molar-refractivity contribution is 5.85. The zero-order chi connectivity index (χ0) is 15.1. The molecule has 8 heteroatoms. The van der Waals surface area contributed by atoms with E-state index in [1.165, 1.54) is 0 Å². The minimum absolute atomic E-state index is 0. The molecule has 7 nitrogen and oxygen atoms in total. The first-order chi connectivity index (χ1) is 10.2. The number of carbonyl (C=O) groups is 1. The van der Waals surface area contributed by atoms with Crippen molar-refractivity contribution in [1.29, 1.82) is 0 Å². The van der Waals surface area contributed by atoms with E-state index >= 15 is 0 Å². The fourth-order valence-corrected chi connectivity index (χ4v) is 1.96. The van der Waals surface area contributed by atoms with Crippen LogP contribution in [0.15, 0.2) is 34.9 Å². The quantitative estimate of drug-likeness (QED) is 0.743. The average molecular weight is 326 g/mol. The molecule has 0 atom stereocenters. The van der Waals surface area contributed by atoms with Gasteiger partial charge in [0.05, 0.1) is 13.1 Å². The fraction of sp³-hybridized carbons (Fsp3) is 0.357. The number of nitrogens with zero attached hydrogens (tertiary/aromatic N) is 3.